The van der Waals surface area contributed by atoms with Crippen molar-refractivity contribution in [3.8, 4) is 0 Å². The molecule has 0 aromatic heterocycles. The van der Waals surface area contributed by atoms with Crippen LogP contribution in [0.2, 0.25) is 0 Å². The molecule has 1 saturated heterocycles. The number of ether oxygens (including phenoxy) is 1. The average molecular weight is 422 g/mol. The third-order valence-electron chi connectivity index (χ3n) is 4.64. The summed E-state index contributed by atoms with van der Waals surface area (Å²) < 4.78 is 60.4. The molecule has 2 unspecified atom stereocenters. The lowest BCUT2D eigenvalue weighted by molar-refractivity contribution is -0.112. The van der Waals surface area contributed by atoms with Crippen molar-refractivity contribution in [1.82, 2.24) is 0 Å². The zero-order chi connectivity index (χ0) is 21.9. The first-order valence-corrected chi connectivity index (χ1v) is 9.48. The van der Waals surface area contributed by atoms with Crippen LogP contribution in [0.5, 0.6) is 0 Å². The van der Waals surface area contributed by atoms with Crippen LogP contribution in [0.1, 0.15) is 19.4 Å². The van der Waals surface area contributed by atoms with E-state index in [9.17, 15) is 22.4 Å². The fourth-order valence-corrected chi connectivity index (χ4v) is 3.47. The Morgan fingerprint density at radius 3 is 2.30 bits per heavy atom. The molecule has 1 aliphatic heterocycles. The van der Waals surface area contributed by atoms with Crippen LogP contribution in [0.3, 0.4) is 0 Å². The van der Waals surface area contributed by atoms with Crippen molar-refractivity contribution in [2.45, 2.75) is 32.2 Å². The van der Waals surface area contributed by atoms with Crippen molar-refractivity contribution in [3.05, 3.63) is 66.0 Å². The van der Waals surface area contributed by atoms with Gasteiger partial charge >= 0.3 is 6.18 Å². The highest BCUT2D eigenvalue weighted by molar-refractivity contribution is 6.04. The van der Waals surface area contributed by atoms with Gasteiger partial charge in [-0.05, 0) is 37.6 Å². The van der Waals surface area contributed by atoms with Crippen molar-refractivity contribution in [1.29, 1.82) is 0 Å². The van der Waals surface area contributed by atoms with E-state index in [1.807, 2.05) is 18.7 Å². The third kappa shape index (κ3) is 5.38. The molecule has 0 spiro atoms. The zero-order valence-corrected chi connectivity index (χ0v) is 16.5. The Morgan fingerprint density at radius 1 is 1.10 bits per heavy atom. The normalized spacial score (nSPS) is 20.2. The van der Waals surface area contributed by atoms with Crippen LogP contribution in [-0.2, 0) is 9.53 Å². The quantitative estimate of drug-likeness (QED) is 0.556. The van der Waals surface area contributed by atoms with E-state index in [1.165, 1.54) is 36.4 Å². The lowest BCUT2D eigenvalue weighted by atomic mass is 10.1. The highest BCUT2D eigenvalue weighted by Gasteiger charge is 2.35. The smallest absolute Gasteiger partial charge is 0.372 e. The third-order valence-corrected chi connectivity index (χ3v) is 4.64. The molecule has 3 rings (SSSR count). The van der Waals surface area contributed by atoms with Crippen molar-refractivity contribution in [3.63, 3.8) is 0 Å². The monoisotopic (exact) mass is 422 g/mol. The molecule has 160 valence electrons. The number of hydrogen-bond acceptors (Lipinski definition) is 3. The van der Waals surface area contributed by atoms with Crippen LogP contribution in [0, 0.1) is 5.82 Å². The van der Waals surface area contributed by atoms with Gasteiger partial charge in [0, 0.05) is 24.9 Å². The Bertz CT molecular complexity index is 918. The van der Waals surface area contributed by atoms with Crippen LogP contribution >= 0.6 is 0 Å². The molecule has 1 heterocycles. The molecule has 0 radical (unpaired) electrons. The topological polar surface area (TPSA) is 41.6 Å². The van der Waals surface area contributed by atoms with Gasteiger partial charge in [-0.2, -0.15) is 13.2 Å². The molecule has 1 amide bonds. The number of allylic oxidation sites excluding steroid dienone is 1. The highest BCUT2D eigenvalue weighted by atomic mass is 19.4. The summed E-state index contributed by atoms with van der Waals surface area (Å²) in [7, 11) is 0. The number of anilines is 2. The van der Waals surface area contributed by atoms with Gasteiger partial charge in [-0.15, -0.1) is 0 Å². The maximum atomic E-state index is 14.6. The molecule has 0 saturated carbocycles. The molecular formula is C22H22F4N2O2. The summed E-state index contributed by atoms with van der Waals surface area (Å²) in [6.45, 7) is 4.82. The largest absolute Gasteiger partial charge is 0.417 e. The number of morpholine rings is 1. The van der Waals surface area contributed by atoms with Gasteiger partial charge in [-0.3, -0.25) is 4.79 Å². The molecule has 0 aliphatic carbocycles. The second-order valence-electron chi connectivity index (χ2n) is 7.24. The molecule has 4 nitrogen and oxygen atoms in total. The minimum Gasteiger partial charge on any atom is -0.372 e. The summed E-state index contributed by atoms with van der Waals surface area (Å²) >= 11 is 0. The van der Waals surface area contributed by atoms with Crippen LogP contribution in [0.25, 0.3) is 5.57 Å². The second kappa shape index (κ2) is 8.87. The predicted octanol–water partition coefficient (Wildman–Crippen LogP) is 5.02. The minimum atomic E-state index is -4.71. The molecule has 0 bridgehead atoms. The van der Waals surface area contributed by atoms with Gasteiger partial charge in [0.15, 0.2) is 0 Å². The number of nitrogens with zero attached hydrogens (tertiary/aromatic N) is 1. The number of carbonyl (C=O) groups is 1. The fourth-order valence-electron chi connectivity index (χ4n) is 3.47. The number of hydrogen-bond donors (Lipinski definition) is 1. The highest BCUT2D eigenvalue weighted by Crippen LogP contribution is 2.34. The lowest BCUT2D eigenvalue weighted by Gasteiger charge is -2.37. The molecule has 30 heavy (non-hydrogen) atoms. The van der Waals surface area contributed by atoms with E-state index in [0.717, 1.165) is 6.07 Å². The first-order chi connectivity index (χ1) is 14.1. The summed E-state index contributed by atoms with van der Waals surface area (Å²) in [5, 5.41) is 2.30. The summed E-state index contributed by atoms with van der Waals surface area (Å²) in [6, 6.07) is 11.1. The first-order valence-electron chi connectivity index (χ1n) is 9.48. The summed E-state index contributed by atoms with van der Waals surface area (Å²) in [4.78, 5) is 14.0. The van der Waals surface area contributed by atoms with Crippen LogP contribution < -0.4 is 10.2 Å². The molecular weight excluding hydrogens is 400 g/mol. The van der Waals surface area contributed by atoms with Crippen LogP contribution in [0.15, 0.2) is 54.6 Å². The number of carbonyl (C=O) groups excluding carboxylic acids is 1. The van der Waals surface area contributed by atoms with E-state index in [0.29, 0.717) is 24.9 Å². The maximum absolute atomic E-state index is 14.6. The molecule has 2 aromatic carbocycles. The molecule has 2 aromatic rings. The number of halogens is 4. The van der Waals surface area contributed by atoms with E-state index in [1.54, 1.807) is 6.07 Å². The van der Waals surface area contributed by atoms with Crippen LogP contribution in [0.4, 0.5) is 28.9 Å². The van der Waals surface area contributed by atoms with Crippen molar-refractivity contribution >= 4 is 22.9 Å². The van der Waals surface area contributed by atoms with E-state index in [4.69, 9.17) is 4.74 Å². The van der Waals surface area contributed by atoms with Crippen molar-refractivity contribution < 1.29 is 27.1 Å². The molecule has 1 aliphatic rings. The SMILES string of the molecule is CC1CN(c2ccc(NC(=O)/C=C(/c3ccccc3)C(F)(F)F)cc2F)CC(C)O1. The van der Waals surface area contributed by atoms with E-state index < -0.39 is 23.5 Å². The summed E-state index contributed by atoms with van der Waals surface area (Å²) in [5.41, 5.74) is -0.779. The van der Waals surface area contributed by atoms with Gasteiger partial charge in [0.25, 0.3) is 0 Å². The Morgan fingerprint density at radius 2 is 1.73 bits per heavy atom. The standard InChI is InChI=1S/C22H22F4N2O2/c1-14-12-28(13-15(2)30-14)20-9-8-17(10-19(20)23)27-21(29)11-18(22(24,25)26)16-6-4-3-5-7-16/h3-11,14-15H,12-13H2,1-2H3,(H,27,29)/b18-11-. The van der Waals surface area contributed by atoms with Gasteiger partial charge in [-0.25, -0.2) is 4.39 Å². The minimum absolute atomic E-state index is 0.0588. The first kappa shape index (κ1) is 21.8. The van der Waals surface area contributed by atoms with E-state index in [-0.39, 0.29) is 23.5 Å². The van der Waals surface area contributed by atoms with Gasteiger partial charge in [0.05, 0.1) is 23.5 Å². The number of alkyl halides is 3. The fraction of sp³-hybridized carbons (Fsp3) is 0.318. The van der Waals surface area contributed by atoms with E-state index >= 15 is 0 Å². The Kier molecular flexibility index (Phi) is 6.45. The number of nitrogens with one attached hydrogen (secondary N) is 1. The van der Waals surface area contributed by atoms with Gasteiger partial charge in [0.2, 0.25) is 5.91 Å². The molecule has 1 N–H and O–H groups in total. The maximum Gasteiger partial charge on any atom is 0.417 e. The number of amides is 1. The lowest BCUT2D eigenvalue weighted by Crippen LogP contribution is -2.45. The number of rotatable bonds is 4. The molecule has 8 heteroatoms. The second-order valence-corrected chi connectivity index (χ2v) is 7.24. The average Bonchev–Trinajstić information content (AvgIpc) is 2.65. The van der Waals surface area contributed by atoms with Gasteiger partial charge in [-0.1, -0.05) is 30.3 Å². The summed E-state index contributed by atoms with van der Waals surface area (Å²) in [5.74, 6) is -1.57. The summed E-state index contributed by atoms with van der Waals surface area (Å²) in [6.07, 6.45) is -4.35. The van der Waals surface area contributed by atoms with Crippen molar-refractivity contribution in [2.24, 2.45) is 0 Å². The Balaban J connectivity index is 1.78. The van der Waals surface area contributed by atoms with Crippen molar-refractivity contribution in [2.75, 3.05) is 23.3 Å². The molecule has 2 atom stereocenters. The Labute approximate surface area is 172 Å². The van der Waals surface area contributed by atoms with E-state index in [2.05, 4.69) is 5.32 Å². The molecule has 1 fully saturated rings. The predicted molar refractivity (Wildman–Crippen MR) is 108 cm³/mol. The number of benzene rings is 2. The zero-order valence-electron chi connectivity index (χ0n) is 16.5. The van der Waals surface area contributed by atoms with Gasteiger partial charge < -0.3 is 15.0 Å². The Hall–Kier alpha value is -2.87. The van der Waals surface area contributed by atoms with Crippen LogP contribution in [-0.4, -0.2) is 37.4 Å². The van der Waals surface area contributed by atoms with Gasteiger partial charge in [0.1, 0.15) is 5.82 Å².